The van der Waals surface area contributed by atoms with Crippen LogP contribution in [0.5, 0.6) is 0 Å². The Morgan fingerprint density at radius 3 is 2.56 bits per heavy atom. The molecule has 4 aromatic rings. The number of hydrogen-bond acceptors (Lipinski definition) is 10. The van der Waals surface area contributed by atoms with Gasteiger partial charge in [0.15, 0.2) is 0 Å². The maximum absolute atomic E-state index is 13.2. The largest absolute Gasteiger partial charge is 0.396 e. The number of aliphatic hydroxyl groups excluding tert-OH is 1. The van der Waals surface area contributed by atoms with Crippen LogP contribution in [0.25, 0.3) is 22.5 Å². The first-order valence-electron chi connectivity index (χ1n) is 13.4. The first kappa shape index (κ1) is 27.2. The molecule has 2 fully saturated rings. The topological polar surface area (TPSA) is 153 Å². The molecule has 0 radical (unpaired) electrons. The van der Waals surface area contributed by atoms with Gasteiger partial charge in [-0.3, -0.25) is 4.98 Å². The van der Waals surface area contributed by atoms with Crippen molar-refractivity contribution in [1.29, 1.82) is 0 Å². The molecule has 0 spiro atoms. The molecule has 216 valence electrons. The van der Waals surface area contributed by atoms with Gasteiger partial charge in [0.1, 0.15) is 5.82 Å². The second kappa shape index (κ2) is 11.1. The lowest BCUT2D eigenvalue weighted by molar-refractivity contribution is 0.0568. The Kier molecular flexibility index (Phi) is 7.38. The van der Waals surface area contributed by atoms with Gasteiger partial charge in [0.2, 0.25) is 5.95 Å². The van der Waals surface area contributed by atoms with Gasteiger partial charge < -0.3 is 15.7 Å². The number of nitrogens with zero attached hydrogens (tertiary/aromatic N) is 7. The standard InChI is InChI=1S/C26H29F2N9O3S/c27-25(28)36-10-8-22(35-36)21-13-30-26(34-24(21)32-18-3-1-16(15-38)2-4-18)33-19-7-9-29-23(11-19)17-12-31-37(14-17)41(39,40)20-5-6-20/h7-14,16,18,20,25,38H,1-6,15H2,(H2,29,30,32,33,34). The molecular weight excluding hydrogens is 556 g/mol. The quantitative estimate of drug-likeness (QED) is 0.249. The van der Waals surface area contributed by atoms with E-state index in [4.69, 9.17) is 0 Å². The molecule has 0 unspecified atom stereocenters. The minimum atomic E-state index is -3.49. The number of hydrogen-bond donors (Lipinski definition) is 3. The van der Waals surface area contributed by atoms with Gasteiger partial charge in [0.05, 0.1) is 34.6 Å². The van der Waals surface area contributed by atoms with Gasteiger partial charge >= 0.3 is 6.55 Å². The van der Waals surface area contributed by atoms with E-state index in [0.29, 0.717) is 51.5 Å². The molecule has 6 rings (SSSR count). The molecule has 0 aromatic carbocycles. The second-order valence-corrected chi connectivity index (χ2v) is 12.4. The summed E-state index contributed by atoms with van der Waals surface area (Å²) < 4.78 is 53.0. The van der Waals surface area contributed by atoms with Gasteiger partial charge in [-0.2, -0.15) is 28.0 Å². The SMILES string of the molecule is O=S(=O)(C1CC1)n1cc(-c2cc(Nc3ncc(-c4ccn(C(F)F)n4)c(NC4CCC(CO)CC4)n3)ccn2)cn1. The normalized spacial score (nSPS) is 19.4. The third-order valence-electron chi connectivity index (χ3n) is 7.40. The number of aliphatic hydroxyl groups is 1. The zero-order chi connectivity index (χ0) is 28.6. The Morgan fingerprint density at radius 2 is 1.85 bits per heavy atom. The van der Waals surface area contributed by atoms with E-state index in [0.717, 1.165) is 29.8 Å². The summed E-state index contributed by atoms with van der Waals surface area (Å²) in [5.41, 5.74) is 2.47. The lowest BCUT2D eigenvalue weighted by Gasteiger charge is -2.28. The highest BCUT2D eigenvalue weighted by atomic mass is 32.2. The summed E-state index contributed by atoms with van der Waals surface area (Å²) in [6, 6.07) is 5.03. The van der Waals surface area contributed by atoms with Crippen LogP contribution >= 0.6 is 0 Å². The van der Waals surface area contributed by atoms with E-state index in [1.54, 1.807) is 18.3 Å². The third kappa shape index (κ3) is 5.91. The van der Waals surface area contributed by atoms with Crippen molar-refractivity contribution in [1.82, 2.24) is 33.9 Å². The molecule has 0 aliphatic heterocycles. The van der Waals surface area contributed by atoms with Gasteiger partial charge in [0, 0.05) is 42.5 Å². The number of anilines is 3. The van der Waals surface area contributed by atoms with Crippen LogP contribution in [0.4, 0.5) is 26.2 Å². The lowest BCUT2D eigenvalue weighted by Crippen LogP contribution is -2.28. The van der Waals surface area contributed by atoms with Crippen molar-refractivity contribution < 1.29 is 22.3 Å². The van der Waals surface area contributed by atoms with Gasteiger partial charge in [-0.1, -0.05) is 0 Å². The highest BCUT2D eigenvalue weighted by molar-refractivity contribution is 7.90. The molecule has 2 saturated carbocycles. The summed E-state index contributed by atoms with van der Waals surface area (Å²) in [5, 5.41) is 23.7. The van der Waals surface area contributed by atoms with E-state index in [2.05, 4.69) is 35.8 Å². The monoisotopic (exact) mass is 585 g/mol. The van der Waals surface area contributed by atoms with Crippen molar-refractivity contribution >= 4 is 27.5 Å². The van der Waals surface area contributed by atoms with Crippen molar-refractivity contribution in [2.24, 2.45) is 5.92 Å². The minimum absolute atomic E-state index is 0.0902. The van der Waals surface area contributed by atoms with Crippen LogP contribution in [0.15, 0.2) is 49.2 Å². The number of halogens is 2. The van der Waals surface area contributed by atoms with Crippen molar-refractivity contribution in [2.45, 2.75) is 56.4 Å². The van der Waals surface area contributed by atoms with Gasteiger partial charge in [-0.15, -0.1) is 0 Å². The van der Waals surface area contributed by atoms with Crippen molar-refractivity contribution in [2.75, 3.05) is 17.2 Å². The number of pyridine rings is 1. The first-order chi connectivity index (χ1) is 19.8. The number of rotatable bonds is 10. The maximum Gasteiger partial charge on any atom is 0.333 e. The van der Waals surface area contributed by atoms with Crippen molar-refractivity contribution in [3.8, 4) is 22.5 Å². The predicted octanol–water partition coefficient (Wildman–Crippen LogP) is 4.04. The molecule has 12 nitrogen and oxygen atoms in total. The van der Waals surface area contributed by atoms with E-state index < -0.39 is 16.6 Å². The van der Waals surface area contributed by atoms with Crippen LogP contribution in [0.1, 0.15) is 45.1 Å². The molecular formula is C26H29F2N9O3S. The van der Waals surface area contributed by atoms with Crippen molar-refractivity contribution in [3.63, 3.8) is 0 Å². The minimum Gasteiger partial charge on any atom is -0.396 e. The lowest BCUT2D eigenvalue weighted by atomic mass is 9.86. The summed E-state index contributed by atoms with van der Waals surface area (Å²) in [7, 11) is -3.49. The molecule has 0 amide bonds. The van der Waals surface area contributed by atoms with Crippen LogP contribution in [-0.2, 0) is 10.0 Å². The van der Waals surface area contributed by atoms with E-state index in [1.807, 2.05) is 0 Å². The molecule has 2 aliphatic carbocycles. The highest BCUT2D eigenvalue weighted by Gasteiger charge is 2.37. The molecule has 0 atom stereocenters. The summed E-state index contributed by atoms with van der Waals surface area (Å²) in [6.45, 7) is -2.60. The van der Waals surface area contributed by atoms with Crippen molar-refractivity contribution in [3.05, 3.63) is 49.2 Å². The fraction of sp³-hybridized carbons (Fsp3) is 0.423. The maximum atomic E-state index is 13.2. The molecule has 0 bridgehead atoms. The Balaban J connectivity index is 1.25. The molecule has 41 heavy (non-hydrogen) atoms. The average Bonchev–Trinajstić information content (AvgIpc) is 3.51. The smallest absolute Gasteiger partial charge is 0.333 e. The van der Waals surface area contributed by atoms with Gasteiger partial charge in [-0.05, 0) is 62.6 Å². The van der Waals surface area contributed by atoms with Crippen LogP contribution in [0.2, 0.25) is 0 Å². The number of aromatic nitrogens is 7. The van der Waals surface area contributed by atoms with E-state index in [-0.39, 0.29) is 29.8 Å². The molecule has 3 N–H and O–H groups in total. The first-order valence-corrected chi connectivity index (χ1v) is 14.9. The summed E-state index contributed by atoms with van der Waals surface area (Å²) in [5.74, 6) is 0.992. The Labute approximate surface area is 234 Å². The number of alkyl halides is 2. The molecule has 0 saturated heterocycles. The number of nitrogens with one attached hydrogen (secondary N) is 2. The molecule has 4 aromatic heterocycles. The predicted molar refractivity (Wildman–Crippen MR) is 147 cm³/mol. The summed E-state index contributed by atoms with van der Waals surface area (Å²) in [6.07, 6.45) is 11.9. The Hall–Kier alpha value is -3.98. The third-order valence-corrected chi connectivity index (χ3v) is 9.43. The highest BCUT2D eigenvalue weighted by Crippen LogP contribution is 2.33. The fourth-order valence-electron chi connectivity index (χ4n) is 4.90. The molecule has 4 heterocycles. The summed E-state index contributed by atoms with van der Waals surface area (Å²) in [4.78, 5) is 13.4. The second-order valence-electron chi connectivity index (χ2n) is 10.4. The van der Waals surface area contributed by atoms with E-state index >= 15 is 0 Å². The fourth-order valence-corrected chi connectivity index (χ4v) is 6.38. The van der Waals surface area contributed by atoms with Crippen LogP contribution in [-0.4, -0.2) is 65.3 Å². The zero-order valence-corrected chi connectivity index (χ0v) is 22.8. The van der Waals surface area contributed by atoms with Crippen LogP contribution in [0.3, 0.4) is 0 Å². The molecule has 2 aliphatic rings. The Bertz CT molecular complexity index is 1630. The van der Waals surface area contributed by atoms with Crippen LogP contribution in [0, 0.1) is 5.92 Å². The van der Waals surface area contributed by atoms with Gasteiger partial charge in [0.25, 0.3) is 10.0 Å². The van der Waals surface area contributed by atoms with E-state index in [1.165, 1.54) is 30.9 Å². The summed E-state index contributed by atoms with van der Waals surface area (Å²) >= 11 is 0. The average molecular weight is 586 g/mol. The van der Waals surface area contributed by atoms with Crippen LogP contribution < -0.4 is 10.6 Å². The van der Waals surface area contributed by atoms with E-state index in [9.17, 15) is 22.3 Å². The van der Waals surface area contributed by atoms with Gasteiger partial charge in [-0.25, -0.2) is 18.1 Å². The zero-order valence-electron chi connectivity index (χ0n) is 21.9. The Morgan fingerprint density at radius 1 is 1.05 bits per heavy atom. The molecule has 15 heteroatoms.